The molecule has 170 valence electrons. The van der Waals surface area contributed by atoms with E-state index in [0.29, 0.717) is 59.5 Å². The molecule has 0 radical (unpaired) electrons. The minimum atomic E-state index is -0.556. The van der Waals surface area contributed by atoms with Crippen LogP contribution in [0.4, 0.5) is 4.39 Å². The van der Waals surface area contributed by atoms with E-state index in [2.05, 4.69) is 0 Å². The van der Waals surface area contributed by atoms with E-state index in [1.807, 2.05) is 0 Å². The lowest BCUT2D eigenvalue weighted by atomic mass is 9.73. The fourth-order valence-corrected chi connectivity index (χ4v) is 5.41. The third kappa shape index (κ3) is 4.09. The molecule has 0 bridgehead atoms. The number of hydrogen-bond donors (Lipinski definition) is 0. The SMILES string of the molecule is O=C1CCCC2=C1C(c1cc(Cl)c(OCc3ccccc3F)c(Cl)c1)C1=C(CCCC1=O)O2. The number of carbonyl (C=O) groups excluding carboxylic acids is 2. The topological polar surface area (TPSA) is 52.6 Å². The predicted molar refractivity (Wildman–Crippen MR) is 123 cm³/mol. The van der Waals surface area contributed by atoms with E-state index in [0.717, 1.165) is 12.8 Å². The summed E-state index contributed by atoms with van der Waals surface area (Å²) >= 11 is 13.1. The van der Waals surface area contributed by atoms with Gasteiger partial charge in [0.2, 0.25) is 0 Å². The summed E-state index contributed by atoms with van der Waals surface area (Å²) in [6, 6.07) is 9.66. The van der Waals surface area contributed by atoms with Crippen LogP contribution in [0.5, 0.6) is 5.75 Å². The average molecular weight is 487 g/mol. The number of ether oxygens (including phenoxy) is 2. The van der Waals surface area contributed by atoms with Gasteiger partial charge in [-0.2, -0.15) is 0 Å². The molecule has 0 saturated carbocycles. The highest BCUT2D eigenvalue weighted by Crippen LogP contribution is 2.49. The summed E-state index contributed by atoms with van der Waals surface area (Å²) in [6.45, 7) is -0.0374. The monoisotopic (exact) mass is 486 g/mol. The van der Waals surface area contributed by atoms with Crippen molar-refractivity contribution in [1.29, 1.82) is 0 Å². The van der Waals surface area contributed by atoms with E-state index in [1.165, 1.54) is 6.07 Å². The van der Waals surface area contributed by atoms with Crippen molar-refractivity contribution >= 4 is 34.8 Å². The van der Waals surface area contributed by atoms with E-state index in [4.69, 9.17) is 32.7 Å². The number of Topliss-reactive ketones (excluding diaryl/α,β-unsaturated/α-hetero) is 2. The van der Waals surface area contributed by atoms with Crippen LogP contribution in [-0.4, -0.2) is 11.6 Å². The Morgan fingerprint density at radius 3 is 2.06 bits per heavy atom. The summed E-state index contributed by atoms with van der Waals surface area (Å²) in [6.07, 6.45) is 3.61. The first-order chi connectivity index (χ1) is 15.9. The van der Waals surface area contributed by atoms with Crippen molar-refractivity contribution < 1.29 is 23.5 Å². The second kappa shape index (κ2) is 8.96. The summed E-state index contributed by atoms with van der Waals surface area (Å²) < 4.78 is 25.8. The number of allylic oxidation sites excluding steroid dienone is 4. The third-order valence-corrected chi connectivity index (χ3v) is 6.89. The van der Waals surface area contributed by atoms with Crippen LogP contribution < -0.4 is 4.74 Å². The Balaban J connectivity index is 1.54. The molecule has 0 fully saturated rings. The normalized spacial score (nSPS) is 18.8. The average Bonchev–Trinajstić information content (AvgIpc) is 2.78. The van der Waals surface area contributed by atoms with Crippen molar-refractivity contribution in [2.24, 2.45) is 0 Å². The Hall–Kier alpha value is -2.63. The molecule has 0 saturated heterocycles. The molecule has 1 heterocycles. The summed E-state index contributed by atoms with van der Waals surface area (Å²) in [5.74, 6) is 0.560. The number of ketones is 2. The molecule has 0 spiro atoms. The van der Waals surface area contributed by atoms with E-state index in [9.17, 15) is 14.0 Å². The van der Waals surface area contributed by atoms with Crippen LogP contribution in [-0.2, 0) is 20.9 Å². The van der Waals surface area contributed by atoms with Gasteiger partial charge in [-0.3, -0.25) is 9.59 Å². The Labute approximate surface area is 201 Å². The number of halogens is 3. The smallest absolute Gasteiger partial charge is 0.163 e. The van der Waals surface area contributed by atoms with E-state index in [1.54, 1.807) is 30.3 Å². The zero-order valence-corrected chi connectivity index (χ0v) is 19.3. The Morgan fingerprint density at radius 1 is 0.909 bits per heavy atom. The molecule has 2 aliphatic carbocycles. The molecule has 7 heteroatoms. The predicted octanol–water partition coefficient (Wildman–Crippen LogP) is 6.84. The van der Waals surface area contributed by atoms with E-state index < -0.39 is 5.92 Å². The maximum atomic E-state index is 14.0. The Morgan fingerprint density at radius 2 is 1.48 bits per heavy atom. The minimum absolute atomic E-state index is 0.0155. The molecular formula is C26H21Cl2FO4. The van der Waals surface area contributed by atoms with Crippen LogP contribution >= 0.6 is 23.2 Å². The van der Waals surface area contributed by atoms with Gasteiger partial charge in [-0.05, 0) is 36.6 Å². The van der Waals surface area contributed by atoms with E-state index in [-0.39, 0.29) is 39.8 Å². The van der Waals surface area contributed by atoms with Gasteiger partial charge in [-0.25, -0.2) is 4.39 Å². The maximum Gasteiger partial charge on any atom is 0.163 e. The third-order valence-electron chi connectivity index (χ3n) is 6.32. The molecule has 1 aliphatic heterocycles. The standard InChI is InChI=1S/C26H21Cl2FO4/c27-16-11-15(12-17(28)26(16)32-13-14-5-1-2-6-18(14)29)23-24-19(30)7-3-9-21(24)33-22-10-4-8-20(31)25(22)23/h1-2,5-6,11-12,23H,3-4,7-10,13H2. The van der Waals surface area contributed by atoms with Gasteiger partial charge in [0.25, 0.3) is 0 Å². The van der Waals surface area contributed by atoms with Crippen molar-refractivity contribution in [1.82, 2.24) is 0 Å². The molecule has 0 atom stereocenters. The van der Waals surface area contributed by atoms with Crippen molar-refractivity contribution in [2.75, 3.05) is 0 Å². The van der Waals surface area contributed by atoms with Crippen molar-refractivity contribution in [3.05, 3.63) is 86.1 Å². The van der Waals surface area contributed by atoms with Gasteiger partial charge in [-0.15, -0.1) is 0 Å². The Kier molecular flexibility index (Phi) is 6.02. The summed E-state index contributed by atoms with van der Waals surface area (Å²) in [5, 5.41) is 0.465. The molecule has 0 aromatic heterocycles. The minimum Gasteiger partial charge on any atom is -0.486 e. The molecule has 4 nitrogen and oxygen atoms in total. The highest BCUT2D eigenvalue weighted by Gasteiger charge is 2.42. The largest absolute Gasteiger partial charge is 0.486 e. The Bertz CT molecular complexity index is 1170. The van der Waals surface area contributed by atoms with Gasteiger partial charge in [0, 0.05) is 48.3 Å². The number of carbonyl (C=O) groups is 2. The fraction of sp³-hybridized carbons (Fsp3) is 0.308. The zero-order valence-electron chi connectivity index (χ0n) is 17.8. The highest BCUT2D eigenvalue weighted by atomic mass is 35.5. The summed E-state index contributed by atoms with van der Waals surface area (Å²) in [7, 11) is 0. The molecule has 0 unspecified atom stereocenters. The van der Waals surface area contributed by atoms with Crippen molar-refractivity contribution in [3.63, 3.8) is 0 Å². The van der Waals surface area contributed by atoms with Gasteiger partial charge < -0.3 is 9.47 Å². The molecular weight excluding hydrogens is 466 g/mol. The van der Waals surface area contributed by atoms with Crippen LogP contribution in [0.25, 0.3) is 0 Å². The second-order valence-corrected chi connectivity index (χ2v) is 9.27. The second-order valence-electron chi connectivity index (χ2n) is 8.46. The lowest BCUT2D eigenvalue weighted by Crippen LogP contribution is -2.30. The summed E-state index contributed by atoms with van der Waals surface area (Å²) in [4.78, 5) is 25.8. The van der Waals surface area contributed by atoms with Crippen LogP contribution in [0.3, 0.4) is 0 Å². The zero-order chi connectivity index (χ0) is 23.1. The lowest BCUT2D eigenvalue weighted by molar-refractivity contribution is -0.117. The molecule has 5 rings (SSSR count). The molecule has 0 N–H and O–H groups in total. The molecule has 2 aromatic rings. The van der Waals surface area contributed by atoms with E-state index >= 15 is 0 Å². The van der Waals surface area contributed by atoms with Crippen LogP contribution in [0, 0.1) is 5.82 Å². The molecule has 0 amide bonds. The van der Waals surface area contributed by atoms with Gasteiger partial charge in [0.1, 0.15) is 23.9 Å². The molecule has 2 aromatic carbocycles. The van der Waals surface area contributed by atoms with Crippen LogP contribution in [0.15, 0.2) is 59.1 Å². The van der Waals surface area contributed by atoms with Crippen LogP contribution in [0.1, 0.15) is 55.6 Å². The lowest BCUT2D eigenvalue weighted by Gasteiger charge is -2.36. The van der Waals surface area contributed by atoms with Gasteiger partial charge in [-0.1, -0.05) is 41.4 Å². The number of hydrogen-bond acceptors (Lipinski definition) is 4. The maximum absolute atomic E-state index is 14.0. The molecule has 3 aliphatic rings. The quantitative estimate of drug-likeness (QED) is 0.474. The first kappa shape index (κ1) is 22.2. The van der Waals surface area contributed by atoms with Gasteiger partial charge >= 0.3 is 0 Å². The highest BCUT2D eigenvalue weighted by molar-refractivity contribution is 6.37. The first-order valence-electron chi connectivity index (χ1n) is 11.0. The number of benzene rings is 2. The summed E-state index contributed by atoms with van der Waals surface area (Å²) in [5.41, 5.74) is 2.09. The number of rotatable bonds is 4. The van der Waals surface area contributed by atoms with Gasteiger partial charge in [0.05, 0.1) is 10.0 Å². The fourth-order valence-electron chi connectivity index (χ4n) is 4.80. The van der Waals surface area contributed by atoms with Crippen molar-refractivity contribution in [2.45, 2.75) is 51.0 Å². The van der Waals surface area contributed by atoms with Crippen LogP contribution in [0.2, 0.25) is 10.0 Å². The van der Waals surface area contributed by atoms with Gasteiger partial charge in [0.15, 0.2) is 17.3 Å². The first-order valence-corrected chi connectivity index (χ1v) is 11.7. The van der Waals surface area contributed by atoms with Crippen molar-refractivity contribution in [3.8, 4) is 5.75 Å². The molecule has 33 heavy (non-hydrogen) atoms.